The Kier molecular flexibility index (Phi) is 6.06. The van der Waals surface area contributed by atoms with Crippen molar-refractivity contribution in [3.63, 3.8) is 0 Å². The van der Waals surface area contributed by atoms with Gasteiger partial charge in [-0.3, -0.25) is 0 Å². The molecule has 0 aliphatic heterocycles. The number of rotatable bonds is 9. The van der Waals surface area contributed by atoms with Crippen molar-refractivity contribution < 1.29 is 4.39 Å². The minimum absolute atomic E-state index is 0.217. The van der Waals surface area contributed by atoms with Crippen LogP contribution in [0.5, 0.6) is 0 Å². The lowest BCUT2D eigenvalue weighted by Crippen LogP contribution is -2.66. The van der Waals surface area contributed by atoms with Crippen LogP contribution in [0.4, 0.5) is 4.39 Å². The van der Waals surface area contributed by atoms with Gasteiger partial charge in [0.1, 0.15) is 5.82 Å². The third kappa shape index (κ3) is 4.09. The normalized spacial score (nSPS) is 21.7. The highest BCUT2D eigenvalue weighted by Gasteiger charge is 2.56. The molecule has 2 N–H and O–H groups in total. The van der Waals surface area contributed by atoms with Crippen LogP contribution < -0.4 is 10.6 Å². The standard InChI is InChI=1S/C35H37FN2/c1-6-21(2)30-15-28-16-32(25-10-12-29(36)13-11-25)34(23(4)37-5)33(28)17-31(30)27-9-7-8-26(14-27)22(3)38-35-18-24(19-35)20-35/h7-15,17,21,24,37-38H,3-4,6,16,18-20H2,1-2,5H3. The number of nitrogens with one attached hydrogen (secondary N) is 2. The molecule has 3 saturated carbocycles. The maximum Gasteiger partial charge on any atom is 0.123 e. The summed E-state index contributed by atoms with van der Waals surface area (Å²) in [4.78, 5) is 0. The second kappa shape index (κ2) is 9.31. The van der Waals surface area contributed by atoms with Crippen LogP contribution in [0.3, 0.4) is 0 Å². The molecule has 1 unspecified atom stereocenters. The molecule has 3 fully saturated rings. The lowest BCUT2D eigenvalue weighted by Gasteiger charge is -2.62. The van der Waals surface area contributed by atoms with Crippen LogP contribution in [0.15, 0.2) is 79.5 Å². The number of hydrogen-bond donors (Lipinski definition) is 2. The summed E-state index contributed by atoms with van der Waals surface area (Å²) in [5.41, 5.74) is 13.1. The minimum atomic E-state index is -0.217. The van der Waals surface area contributed by atoms with E-state index in [2.05, 4.69) is 74.0 Å². The van der Waals surface area contributed by atoms with Crippen LogP contribution >= 0.6 is 0 Å². The van der Waals surface area contributed by atoms with Gasteiger partial charge in [-0.25, -0.2) is 4.39 Å². The summed E-state index contributed by atoms with van der Waals surface area (Å²) in [6.07, 6.45) is 5.74. The van der Waals surface area contributed by atoms with Gasteiger partial charge in [0.2, 0.25) is 0 Å². The summed E-state index contributed by atoms with van der Waals surface area (Å²) < 4.78 is 13.7. The van der Waals surface area contributed by atoms with E-state index >= 15 is 0 Å². The first-order valence-electron chi connectivity index (χ1n) is 13.9. The highest BCUT2D eigenvalue weighted by Crippen LogP contribution is 2.57. The summed E-state index contributed by atoms with van der Waals surface area (Å²) >= 11 is 0. The van der Waals surface area contributed by atoms with Gasteiger partial charge in [-0.15, -0.1) is 0 Å². The molecule has 3 aromatic rings. The zero-order valence-electron chi connectivity index (χ0n) is 22.8. The zero-order valence-corrected chi connectivity index (χ0v) is 22.8. The molecule has 1 atom stereocenters. The van der Waals surface area contributed by atoms with Crippen molar-refractivity contribution in [2.24, 2.45) is 5.92 Å². The molecule has 0 heterocycles. The molecule has 0 spiro atoms. The van der Waals surface area contributed by atoms with Gasteiger partial charge < -0.3 is 10.6 Å². The first kappa shape index (κ1) is 24.7. The Morgan fingerprint density at radius 1 is 0.974 bits per heavy atom. The average Bonchev–Trinajstić information content (AvgIpc) is 3.27. The van der Waals surface area contributed by atoms with Gasteiger partial charge >= 0.3 is 0 Å². The summed E-state index contributed by atoms with van der Waals surface area (Å²) in [5, 5.41) is 7.03. The monoisotopic (exact) mass is 504 g/mol. The summed E-state index contributed by atoms with van der Waals surface area (Å²) in [6, 6.07) is 20.4. The fraction of sp³-hybridized carbons (Fsp3) is 0.314. The van der Waals surface area contributed by atoms with Crippen LogP contribution in [0.1, 0.15) is 73.3 Å². The Bertz CT molecular complexity index is 1460. The highest BCUT2D eigenvalue weighted by molar-refractivity contribution is 6.04. The molecule has 38 heavy (non-hydrogen) atoms. The number of allylic oxidation sites excluding steroid dienone is 2. The Morgan fingerprint density at radius 3 is 2.34 bits per heavy atom. The van der Waals surface area contributed by atoms with Crippen molar-refractivity contribution in [3.05, 3.63) is 113 Å². The third-order valence-corrected chi connectivity index (χ3v) is 9.13. The van der Waals surface area contributed by atoms with E-state index in [0.29, 0.717) is 11.5 Å². The summed E-state index contributed by atoms with van der Waals surface area (Å²) in [7, 11) is 1.91. The number of hydrogen-bond acceptors (Lipinski definition) is 2. The molecule has 3 heteroatoms. The van der Waals surface area contributed by atoms with E-state index in [1.807, 2.05) is 19.2 Å². The number of halogens is 1. The molecule has 0 saturated heterocycles. The second-order valence-corrected chi connectivity index (χ2v) is 11.6. The maximum atomic E-state index is 13.7. The molecule has 4 aliphatic rings. The van der Waals surface area contributed by atoms with Gasteiger partial charge in [0.25, 0.3) is 0 Å². The average molecular weight is 505 g/mol. The second-order valence-electron chi connectivity index (χ2n) is 11.6. The Balaban J connectivity index is 1.44. The molecule has 0 radical (unpaired) electrons. The fourth-order valence-electron chi connectivity index (χ4n) is 6.63. The third-order valence-electron chi connectivity index (χ3n) is 9.13. The van der Waals surface area contributed by atoms with Crippen LogP contribution in [0, 0.1) is 11.7 Å². The van der Waals surface area contributed by atoms with E-state index in [-0.39, 0.29) is 5.82 Å². The van der Waals surface area contributed by atoms with E-state index in [4.69, 9.17) is 0 Å². The highest BCUT2D eigenvalue weighted by atomic mass is 19.1. The van der Waals surface area contributed by atoms with E-state index in [1.54, 1.807) is 12.1 Å². The van der Waals surface area contributed by atoms with Gasteiger partial charge in [-0.1, -0.05) is 63.4 Å². The van der Waals surface area contributed by atoms with Crippen molar-refractivity contribution in [1.29, 1.82) is 0 Å². The largest absolute Gasteiger partial charge is 0.388 e. The summed E-state index contributed by atoms with van der Waals surface area (Å²) in [6.45, 7) is 13.3. The molecule has 2 bridgehead atoms. The van der Waals surface area contributed by atoms with Crippen molar-refractivity contribution >= 4 is 16.8 Å². The smallest absolute Gasteiger partial charge is 0.123 e. The van der Waals surface area contributed by atoms with Crippen LogP contribution in [0.2, 0.25) is 0 Å². The van der Waals surface area contributed by atoms with Gasteiger partial charge in [-0.05, 0) is 113 Å². The Morgan fingerprint density at radius 2 is 1.71 bits per heavy atom. The van der Waals surface area contributed by atoms with Gasteiger partial charge in [0.15, 0.2) is 0 Å². The number of likely N-dealkylation sites (N-methyl/N-ethyl adjacent to an activating group) is 1. The molecule has 3 aromatic carbocycles. The minimum Gasteiger partial charge on any atom is -0.388 e. The predicted molar refractivity (Wildman–Crippen MR) is 158 cm³/mol. The maximum absolute atomic E-state index is 13.7. The molecule has 194 valence electrons. The van der Waals surface area contributed by atoms with E-state index in [0.717, 1.165) is 46.9 Å². The molecular formula is C35H37FN2. The molecule has 7 rings (SSSR count). The Labute approximate surface area is 226 Å². The number of fused-ring (bicyclic) bond motifs is 1. The van der Waals surface area contributed by atoms with E-state index < -0.39 is 0 Å². The predicted octanol–water partition coefficient (Wildman–Crippen LogP) is 8.32. The van der Waals surface area contributed by atoms with Crippen molar-refractivity contribution in [2.75, 3.05) is 7.05 Å². The van der Waals surface area contributed by atoms with E-state index in [9.17, 15) is 4.39 Å². The topological polar surface area (TPSA) is 24.1 Å². The molecule has 2 nitrogen and oxygen atoms in total. The molecule has 0 amide bonds. The van der Waals surface area contributed by atoms with Crippen LogP contribution in [-0.4, -0.2) is 12.6 Å². The lowest BCUT2D eigenvalue weighted by molar-refractivity contribution is -0.0373. The van der Waals surface area contributed by atoms with Gasteiger partial charge in [0, 0.05) is 29.6 Å². The lowest BCUT2D eigenvalue weighted by atomic mass is 9.50. The molecule has 0 aromatic heterocycles. The summed E-state index contributed by atoms with van der Waals surface area (Å²) in [5.74, 6) is 1.14. The van der Waals surface area contributed by atoms with Crippen molar-refractivity contribution in [1.82, 2.24) is 10.6 Å². The fourth-order valence-corrected chi connectivity index (χ4v) is 6.63. The van der Waals surface area contributed by atoms with Gasteiger partial charge in [-0.2, -0.15) is 0 Å². The SMILES string of the molecule is C=C(NC)C1=C(c2ccc(F)cc2)Cc2cc(C(C)CC)c(-c3cccc(C(=C)NC45CC(C4)C5)c3)cc21. The Hall–Kier alpha value is -3.59. The number of benzene rings is 3. The molecule has 4 aliphatic carbocycles. The first-order valence-corrected chi connectivity index (χ1v) is 13.9. The zero-order chi connectivity index (χ0) is 26.6. The van der Waals surface area contributed by atoms with Gasteiger partial charge in [0.05, 0.1) is 0 Å². The van der Waals surface area contributed by atoms with Crippen molar-refractivity contribution in [2.45, 2.75) is 57.4 Å². The van der Waals surface area contributed by atoms with Crippen LogP contribution in [-0.2, 0) is 6.42 Å². The van der Waals surface area contributed by atoms with Crippen molar-refractivity contribution in [3.8, 4) is 11.1 Å². The van der Waals surface area contributed by atoms with E-state index in [1.165, 1.54) is 52.7 Å². The van der Waals surface area contributed by atoms with Crippen LogP contribution in [0.25, 0.3) is 28.0 Å². The molecular weight excluding hydrogens is 467 g/mol. The first-order chi connectivity index (χ1) is 18.3. The quantitative estimate of drug-likeness (QED) is 0.306.